The molecule has 0 aliphatic carbocycles. The summed E-state index contributed by atoms with van der Waals surface area (Å²) in [5, 5.41) is 0. The van der Waals surface area contributed by atoms with Crippen molar-refractivity contribution < 1.29 is 21.6 Å². The molecule has 1 atom stereocenters. The minimum absolute atomic E-state index is 0.162. The molecule has 22 heavy (non-hydrogen) atoms. The number of hydrogen-bond acceptors (Lipinski definition) is 5. The van der Waals surface area contributed by atoms with Gasteiger partial charge in [0.25, 0.3) is 0 Å². The zero-order valence-electron chi connectivity index (χ0n) is 12.5. The van der Waals surface area contributed by atoms with Crippen LogP contribution in [0.25, 0.3) is 0 Å². The van der Waals surface area contributed by atoms with Crippen molar-refractivity contribution in [3.8, 4) is 5.75 Å². The predicted octanol–water partition coefficient (Wildman–Crippen LogP) is 1.19. The van der Waals surface area contributed by atoms with E-state index in [4.69, 9.17) is 4.74 Å². The van der Waals surface area contributed by atoms with Crippen LogP contribution >= 0.6 is 0 Å². The number of rotatable bonds is 7. The molecule has 0 saturated carbocycles. The van der Waals surface area contributed by atoms with Gasteiger partial charge >= 0.3 is 0 Å². The van der Waals surface area contributed by atoms with Gasteiger partial charge in [-0.2, -0.15) is 0 Å². The minimum atomic E-state index is -3.53. The summed E-state index contributed by atoms with van der Waals surface area (Å²) in [6.07, 6.45) is 2.05. The highest BCUT2D eigenvalue weighted by Gasteiger charge is 2.27. The summed E-state index contributed by atoms with van der Waals surface area (Å²) in [4.78, 5) is 0.191. The molecule has 1 N–H and O–H groups in total. The summed E-state index contributed by atoms with van der Waals surface area (Å²) in [6.45, 7) is 0.310. The maximum Gasteiger partial charge on any atom is 0.240 e. The summed E-state index contributed by atoms with van der Waals surface area (Å²) >= 11 is 0. The average Bonchev–Trinajstić information content (AvgIpc) is 2.83. The monoisotopic (exact) mass is 347 g/mol. The molecule has 0 amide bonds. The molecular formula is C14H21NO5S2. The molecule has 0 bridgehead atoms. The van der Waals surface area contributed by atoms with Crippen molar-refractivity contribution in [3.63, 3.8) is 0 Å². The molecular weight excluding hydrogens is 326 g/mol. The van der Waals surface area contributed by atoms with E-state index in [9.17, 15) is 16.8 Å². The van der Waals surface area contributed by atoms with Crippen LogP contribution in [0.15, 0.2) is 29.2 Å². The third-order valence-electron chi connectivity index (χ3n) is 3.78. The number of benzene rings is 1. The third kappa shape index (κ3) is 4.69. The van der Waals surface area contributed by atoms with Gasteiger partial charge in [0.15, 0.2) is 9.84 Å². The average molecular weight is 347 g/mol. The molecule has 8 heteroatoms. The molecule has 6 nitrogen and oxygen atoms in total. The molecule has 1 aliphatic rings. The topological polar surface area (TPSA) is 89.5 Å². The van der Waals surface area contributed by atoms with Crippen molar-refractivity contribution in [3.05, 3.63) is 24.3 Å². The molecule has 0 spiro atoms. The van der Waals surface area contributed by atoms with E-state index in [2.05, 4.69) is 4.72 Å². The molecule has 124 valence electrons. The molecule has 1 aromatic carbocycles. The molecule has 1 saturated heterocycles. The van der Waals surface area contributed by atoms with E-state index in [-0.39, 0.29) is 22.3 Å². The van der Waals surface area contributed by atoms with Crippen molar-refractivity contribution in [1.29, 1.82) is 0 Å². The van der Waals surface area contributed by atoms with Crippen molar-refractivity contribution in [2.45, 2.75) is 24.2 Å². The van der Waals surface area contributed by atoms with E-state index >= 15 is 0 Å². The highest BCUT2D eigenvalue weighted by molar-refractivity contribution is 7.91. The van der Waals surface area contributed by atoms with E-state index in [1.165, 1.54) is 19.2 Å². The van der Waals surface area contributed by atoms with Gasteiger partial charge in [0.1, 0.15) is 5.75 Å². The summed E-state index contributed by atoms with van der Waals surface area (Å²) in [5.74, 6) is 1.25. The van der Waals surface area contributed by atoms with Gasteiger partial charge in [-0.25, -0.2) is 21.6 Å². The lowest BCUT2D eigenvalue weighted by Gasteiger charge is -2.09. The smallest absolute Gasteiger partial charge is 0.240 e. The molecule has 1 heterocycles. The standard InChI is InChI=1S/C14H21NO5S2/c1-20-13-4-6-14(7-5-13)22(18,19)15-9-2-3-12-8-10-21(16,17)11-12/h4-7,12,15H,2-3,8-11H2,1H3. The third-order valence-corrected chi connectivity index (χ3v) is 7.09. The van der Waals surface area contributed by atoms with Crippen LogP contribution in [0.2, 0.25) is 0 Å². The van der Waals surface area contributed by atoms with Gasteiger partial charge in [0.2, 0.25) is 10.0 Å². The van der Waals surface area contributed by atoms with Gasteiger partial charge < -0.3 is 4.74 Å². The first-order valence-electron chi connectivity index (χ1n) is 7.16. The van der Waals surface area contributed by atoms with Gasteiger partial charge in [-0.15, -0.1) is 0 Å². The van der Waals surface area contributed by atoms with Crippen LogP contribution in [0, 0.1) is 5.92 Å². The Morgan fingerprint density at radius 1 is 1.27 bits per heavy atom. The lowest BCUT2D eigenvalue weighted by Crippen LogP contribution is -2.25. The summed E-state index contributed by atoms with van der Waals surface area (Å²) < 4.78 is 54.4. The van der Waals surface area contributed by atoms with Gasteiger partial charge in [-0.1, -0.05) is 0 Å². The number of nitrogens with one attached hydrogen (secondary N) is 1. The number of hydrogen-bond donors (Lipinski definition) is 1. The van der Waals surface area contributed by atoms with Crippen LogP contribution in [0.4, 0.5) is 0 Å². The second kappa shape index (κ2) is 6.97. The molecule has 1 aliphatic heterocycles. The maximum absolute atomic E-state index is 12.1. The summed E-state index contributed by atoms with van der Waals surface area (Å²) in [5.41, 5.74) is 0. The second-order valence-electron chi connectivity index (χ2n) is 5.48. The first-order chi connectivity index (χ1) is 10.3. The Labute approximate surface area is 131 Å². The van der Waals surface area contributed by atoms with Gasteiger partial charge in [-0.05, 0) is 49.4 Å². The lowest BCUT2D eigenvalue weighted by atomic mass is 10.0. The summed E-state index contributed by atoms with van der Waals surface area (Å²) in [7, 11) is -4.87. The minimum Gasteiger partial charge on any atom is -0.497 e. The number of ether oxygens (including phenoxy) is 1. The molecule has 0 radical (unpaired) electrons. The first kappa shape index (κ1) is 17.2. The Morgan fingerprint density at radius 3 is 2.50 bits per heavy atom. The van der Waals surface area contributed by atoms with Crippen LogP contribution in [0.3, 0.4) is 0 Å². The fourth-order valence-corrected chi connectivity index (χ4v) is 5.52. The number of sulfonamides is 1. The SMILES string of the molecule is COc1ccc(S(=O)(=O)NCCCC2CCS(=O)(=O)C2)cc1. The largest absolute Gasteiger partial charge is 0.497 e. The molecule has 0 aromatic heterocycles. The van der Waals surface area contributed by atoms with Crippen LogP contribution in [-0.2, 0) is 19.9 Å². The zero-order valence-corrected chi connectivity index (χ0v) is 14.1. The summed E-state index contributed by atoms with van der Waals surface area (Å²) in [6, 6.07) is 6.17. The quantitative estimate of drug-likeness (QED) is 0.748. The highest BCUT2D eigenvalue weighted by Crippen LogP contribution is 2.22. The zero-order chi connectivity index (χ0) is 16.2. The molecule has 1 aromatic rings. The Bertz CT molecular complexity index is 695. The predicted molar refractivity (Wildman–Crippen MR) is 84.2 cm³/mol. The number of methoxy groups -OCH3 is 1. The normalized spacial score (nSPS) is 20.9. The maximum atomic E-state index is 12.1. The second-order valence-corrected chi connectivity index (χ2v) is 9.48. The van der Waals surface area contributed by atoms with E-state index in [0.717, 1.165) is 6.42 Å². The van der Waals surface area contributed by atoms with Gasteiger partial charge in [-0.3, -0.25) is 0 Å². The van der Waals surface area contributed by atoms with Crippen molar-refractivity contribution in [2.24, 2.45) is 5.92 Å². The molecule has 2 rings (SSSR count). The van der Waals surface area contributed by atoms with E-state index in [1.807, 2.05) is 0 Å². The van der Waals surface area contributed by atoms with Gasteiger partial charge in [0.05, 0.1) is 23.5 Å². The van der Waals surface area contributed by atoms with Crippen molar-refractivity contribution in [1.82, 2.24) is 4.72 Å². The van der Waals surface area contributed by atoms with E-state index < -0.39 is 19.9 Å². The van der Waals surface area contributed by atoms with E-state index in [0.29, 0.717) is 25.1 Å². The Kier molecular flexibility index (Phi) is 5.46. The Balaban J connectivity index is 1.80. The van der Waals surface area contributed by atoms with Gasteiger partial charge in [0, 0.05) is 6.54 Å². The fraction of sp³-hybridized carbons (Fsp3) is 0.571. The van der Waals surface area contributed by atoms with Crippen LogP contribution in [-0.4, -0.2) is 42.0 Å². The van der Waals surface area contributed by atoms with Crippen LogP contribution in [0.5, 0.6) is 5.75 Å². The Morgan fingerprint density at radius 2 is 1.95 bits per heavy atom. The van der Waals surface area contributed by atoms with Crippen LogP contribution in [0.1, 0.15) is 19.3 Å². The van der Waals surface area contributed by atoms with Crippen molar-refractivity contribution in [2.75, 3.05) is 25.2 Å². The Hall–Kier alpha value is -1.12. The van der Waals surface area contributed by atoms with E-state index in [1.54, 1.807) is 12.1 Å². The van der Waals surface area contributed by atoms with Crippen LogP contribution < -0.4 is 9.46 Å². The van der Waals surface area contributed by atoms with Crippen molar-refractivity contribution >= 4 is 19.9 Å². The lowest BCUT2D eigenvalue weighted by molar-refractivity contribution is 0.414. The number of sulfone groups is 1. The molecule has 1 unspecified atom stereocenters. The molecule has 1 fully saturated rings. The first-order valence-corrected chi connectivity index (χ1v) is 10.5. The highest BCUT2D eigenvalue weighted by atomic mass is 32.2. The fourth-order valence-electron chi connectivity index (χ4n) is 2.54.